The molecule has 4 aromatic rings. The minimum Gasteiger partial charge on any atom is -0.326 e. The molecule has 0 spiro atoms. The van der Waals surface area contributed by atoms with Crippen molar-refractivity contribution >= 4 is 43.6 Å². The highest BCUT2D eigenvalue weighted by molar-refractivity contribution is 7.92. The number of thiazole rings is 1. The number of imidazole rings is 1. The van der Waals surface area contributed by atoms with E-state index in [1.54, 1.807) is 30.3 Å². The molecule has 4 rings (SSSR count). The molecular weight excluding hydrogens is 420 g/mol. The number of hydrogen-bond acceptors (Lipinski definition) is 5. The van der Waals surface area contributed by atoms with Gasteiger partial charge >= 0.3 is 0 Å². The topological polar surface area (TPSA) is 92.6 Å². The van der Waals surface area contributed by atoms with Crippen molar-refractivity contribution in [2.24, 2.45) is 0 Å². The molecule has 0 unspecified atom stereocenters. The number of benzene rings is 2. The summed E-state index contributed by atoms with van der Waals surface area (Å²) in [4.78, 5) is 17.2. The van der Waals surface area contributed by atoms with E-state index in [0.717, 1.165) is 22.6 Å². The fourth-order valence-electron chi connectivity index (χ4n) is 2.99. The van der Waals surface area contributed by atoms with Crippen LogP contribution >= 0.6 is 11.3 Å². The van der Waals surface area contributed by atoms with Crippen LogP contribution in [0.3, 0.4) is 0 Å². The van der Waals surface area contributed by atoms with Crippen LogP contribution in [0.1, 0.15) is 19.8 Å². The fraction of sp³-hybridized carbons (Fsp3) is 0.143. The lowest BCUT2D eigenvalue weighted by Gasteiger charge is -2.10. The summed E-state index contributed by atoms with van der Waals surface area (Å²) in [7, 11) is -3.77. The maximum Gasteiger partial charge on any atom is 0.261 e. The Morgan fingerprint density at radius 3 is 2.67 bits per heavy atom. The monoisotopic (exact) mass is 440 g/mol. The van der Waals surface area contributed by atoms with Gasteiger partial charge in [-0.05, 0) is 42.8 Å². The average molecular weight is 441 g/mol. The van der Waals surface area contributed by atoms with Gasteiger partial charge < -0.3 is 5.32 Å². The predicted molar refractivity (Wildman–Crippen MR) is 119 cm³/mol. The second-order valence-corrected chi connectivity index (χ2v) is 9.28. The number of hydrogen-bond donors (Lipinski definition) is 2. The van der Waals surface area contributed by atoms with Gasteiger partial charge in [0, 0.05) is 41.1 Å². The van der Waals surface area contributed by atoms with Gasteiger partial charge in [0.25, 0.3) is 10.0 Å². The third-order valence-corrected chi connectivity index (χ3v) is 6.60. The van der Waals surface area contributed by atoms with Crippen LogP contribution in [0.15, 0.2) is 71.2 Å². The predicted octanol–water partition coefficient (Wildman–Crippen LogP) is 4.60. The molecule has 2 aromatic carbocycles. The molecule has 0 saturated carbocycles. The van der Waals surface area contributed by atoms with Gasteiger partial charge in [-0.15, -0.1) is 11.3 Å². The summed E-state index contributed by atoms with van der Waals surface area (Å²) in [6.07, 6.45) is 5.01. The van der Waals surface area contributed by atoms with Gasteiger partial charge in [0.05, 0.1) is 10.6 Å². The molecule has 2 heterocycles. The average Bonchev–Trinajstić information content (AvgIpc) is 3.31. The van der Waals surface area contributed by atoms with Gasteiger partial charge in [0.2, 0.25) is 5.91 Å². The summed E-state index contributed by atoms with van der Waals surface area (Å²) in [6, 6.07) is 13.2. The van der Waals surface area contributed by atoms with Crippen LogP contribution < -0.4 is 10.0 Å². The van der Waals surface area contributed by atoms with Crippen LogP contribution in [0.5, 0.6) is 0 Å². The maximum atomic E-state index is 12.8. The molecule has 2 N–H and O–H groups in total. The number of carbonyl (C=O) groups excluding carboxylic acids is 1. The molecule has 0 aliphatic rings. The molecule has 2 aromatic heterocycles. The summed E-state index contributed by atoms with van der Waals surface area (Å²) >= 11 is 1.54. The van der Waals surface area contributed by atoms with Crippen LogP contribution in [0.4, 0.5) is 11.4 Å². The molecule has 30 heavy (non-hydrogen) atoms. The number of nitrogens with one attached hydrogen (secondary N) is 2. The van der Waals surface area contributed by atoms with E-state index in [2.05, 4.69) is 15.0 Å². The van der Waals surface area contributed by atoms with Crippen LogP contribution in [0.25, 0.3) is 16.2 Å². The van der Waals surface area contributed by atoms with Gasteiger partial charge in [0.15, 0.2) is 4.96 Å². The highest BCUT2D eigenvalue weighted by Gasteiger charge is 2.15. The molecule has 0 aliphatic carbocycles. The third kappa shape index (κ3) is 4.37. The second-order valence-electron chi connectivity index (χ2n) is 6.73. The Labute approximate surface area is 178 Å². The van der Waals surface area contributed by atoms with Crippen molar-refractivity contribution in [3.05, 3.63) is 66.3 Å². The molecule has 0 radical (unpaired) electrons. The standard InChI is InChI=1S/C21H20N4O3S2/c1-2-4-20(26)22-16-7-9-18(10-8-16)30(27,28)24-17-6-3-5-15(13-17)19-14-25-11-12-29-21(25)23-19/h3,5-14,24H,2,4H2,1H3,(H,22,26). The number of sulfonamides is 1. The number of nitrogens with zero attached hydrogens (tertiary/aromatic N) is 2. The van der Waals surface area contributed by atoms with Gasteiger partial charge in [-0.3, -0.25) is 13.9 Å². The first-order valence-electron chi connectivity index (χ1n) is 9.40. The first kappa shape index (κ1) is 20.1. The summed E-state index contributed by atoms with van der Waals surface area (Å²) in [5, 5.41) is 4.70. The van der Waals surface area contributed by atoms with Crippen LogP contribution in [0.2, 0.25) is 0 Å². The van der Waals surface area contributed by atoms with Gasteiger partial charge in [-0.1, -0.05) is 19.1 Å². The van der Waals surface area contributed by atoms with Gasteiger partial charge in [0.1, 0.15) is 0 Å². The van der Waals surface area contributed by atoms with Crippen LogP contribution in [-0.4, -0.2) is 23.7 Å². The molecule has 0 fully saturated rings. The van der Waals surface area contributed by atoms with Crippen molar-refractivity contribution in [2.45, 2.75) is 24.7 Å². The van der Waals surface area contributed by atoms with Crippen molar-refractivity contribution < 1.29 is 13.2 Å². The summed E-state index contributed by atoms with van der Waals surface area (Å²) in [6.45, 7) is 1.92. The van der Waals surface area contributed by atoms with E-state index in [-0.39, 0.29) is 10.8 Å². The van der Waals surface area contributed by atoms with Crippen molar-refractivity contribution in [3.63, 3.8) is 0 Å². The highest BCUT2D eigenvalue weighted by Crippen LogP contribution is 2.25. The smallest absolute Gasteiger partial charge is 0.261 e. The molecule has 1 amide bonds. The van der Waals surface area contributed by atoms with Crippen molar-refractivity contribution in [1.82, 2.24) is 9.38 Å². The number of carbonyl (C=O) groups is 1. The highest BCUT2D eigenvalue weighted by atomic mass is 32.2. The van der Waals surface area contributed by atoms with E-state index in [4.69, 9.17) is 0 Å². The Balaban J connectivity index is 1.52. The summed E-state index contributed by atoms with van der Waals surface area (Å²) < 4.78 is 30.1. The SMILES string of the molecule is CCCC(=O)Nc1ccc(S(=O)(=O)Nc2cccc(-c3cn4ccsc4n3)c2)cc1. The van der Waals surface area contributed by atoms with E-state index in [1.807, 2.05) is 35.2 Å². The Morgan fingerprint density at radius 2 is 1.93 bits per heavy atom. The lowest BCUT2D eigenvalue weighted by molar-refractivity contribution is -0.116. The Bertz CT molecular complexity index is 1260. The molecule has 0 aliphatic heterocycles. The second kappa shape index (κ2) is 8.29. The fourth-order valence-corrected chi connectivity index (χ4v) is 4.74. The number of aromatic nitrogens is 2. The number of rotatable bonds is 7. The molecule has 0 saturated heterocycles. The van der Waals surface area contributed by atoms with Crippen molar-refractivity contribution in [3.8, 4) is 11.3 Å². The third-order valence-electron chi connectivity index (χ3n) is 4.43. The number of amides is 1. The van der Waals surface area contributed by atoms with Gasteiger partial charge in [-0.2, -0.15) is 0 Å². The Morgan fingerprint density at radius 1 is 1.13 bits per heavy atom. The van der Waals surface area contributed by atoms with Crippen LogP contribution in [-0.2, 0) is 14.8 Å². The zero-order valence-corrected chi connectivity index (χ0v) is 17.8. The Kier molecular flexibility index (Phi) is 5.56. The number of anilines is 2. The van der Waals surface area contributed by atoms with Gasteiger partial charge in [-0.25, -0.2) is 13.4 Å². The first-order chi connectivity index (χ1) is 14.4. The maximum absolute atomic E-state index is 12.8. The van der Waals surface area contributed by atoms with E-state index in [9.17, 15) is 13.2 Å². The lowest BCUT2D eigenvalue weighted by Crippen LogP contribution is -2.14. The molecule has 7 nitrogen and oxygen atoms in total. The zero-order chi connectivity index (χ0) is 21.1. The van der Waals surface area contributed by atoms with Crippen LogP contribution in [0, 0.1) is 0 Å². The summed E-state index contributed by atoms with van der Waals surface area (Å²) in [5.41, 5.74) is 2.61. The Hall–Kier alpha value is -3.17. The summed E-state index contributed by atoms with van der Waals surface area (Å²) in [5.74, 6) is -0.0952. The van der Waals surface area contributed by atoms with E-state index >= 15 is 0 Å². The van der Waals surface area contributed by atoms with E-state index in [0.29, 0.717) is 17.8 Å². The van der Waals surface area contributed by atoms with E-state index in [1.165, 1.54) is 23.5 Å². The molecule has 154 valence electrons. The molecular formula is C21H20N4O3S2. The minimum atomic E-state index is -3.77. The van der Waals surface area contributed by atoms with E-state index < -0.39 is 10.0 Å². The molecule has 9 heteroatoms. The molecule has 0 atom stereocenters. The van der Waals surface area contributed by atoms with Crippen molar-refractivity contribution in [2.75, 3.05) is 10.0 Å². The normalized spacial score (nSPS) is 11.5. The lowest BCUT2D eigenvalue weighted by atomic mass is 10.1. The first-order valence-corrected chi connectivity index (χ1v) is 11.8. The quantitative estimate of drug-likeness (QED) is 0.439. The number of fused-ring (bicyclic) bond motifs is 1. The largest absolute Gasteiger partial charge is 0.326 e. The molecule has 0 bridgehead atoms. The zero-order valence-electron chi connectivity index (χ0n) is 16.2. The minimum absolute atomic E-state index is 0.0952. The van der Waals surface area contributed by atoms with Crippen molar-refractivity contribution in [1.29, 1.82) is 0 Å².